The maximum Gasteiger partial charge on any atom is 0.343 e. The minimum absolute atomic E-state index is 0.424. The van der Waals surface area contributed by atoms with Gasteiger partial charge in [0.05, 0.1) is 17.5 Å². The lowest BCUT2D eigenvalue weighted by atomic mass is 10.0. The molecule has 0 aliphatic rings. The quantitative estimate of drug-likeness (QED) is 0.189. The molecule has 1 N–H and O–H groups in total. The van der Waals surface area contributed by atoms with Gasteiger partial charge < -0.3 is 4.74 Å². The Morgan fingerprint density at radius 1 is 0.862 bits per heavy atom. The van der Waals surface area contributed by atoms with Gasteiger partial charge in [-0.3, -0.25) is 5.43 Å². The summed E-state index contributed by atoms with van der Waals surface area (Å²) in [5, 5.41) is 6.86. The molecule has 0 aromatic heterocycles. The highest BCUT2D eigenvalue weighted by molar-refractivity contribution is 6.30. The maximum atomic E-state index is 12.6. The fraction of sp³-hybridized carbons (Fsp3) is 0. The molecule has 0 radical (unpaired) electrons. The molecular formula is C24H17ClN2O2. The average Bonchev–Trinajstić information content (AvgIpc) is 2.76. The number of esters is 1. The summed E-state index contributed by atoms with van der Waals surface area (Å²) in [7, 11) is 0. The predicted molar refractivity (Wildman–Crippen MR) is 118 cm³/mol. The molecule has 0 amide bonds. The van der Waals surface area contributed by atoms with E-state index in [1.165, 1.54) is 0 Å². The van der Waals surface area contributed by atoms with Crippen molar-refractivity contribution in [1.82, 2.24) is 0 Å². The zero-order valence-electron chi connectivity index (χ0n) is 15.4. The summed E-state index contributed by atoms with van der Waals surface area (Å²) in [4.78, 5) is 12.6. The number of benzene rings is 4. The summed E-state index contributed by atoms with van der Waals surface area (Å²) in [5.74, 6) is -0.0233. The van der Waals surface area contributed by atoms with Crippen LogP contribution in [0, 0.1) is 0 Å². The van der Waals surface area contributed by atoms with E-state index >= 15 is 0 Å². The molecule has 0 saturated carbocycles. The maximum absolute atomic E-state index is 12.6. The van der Waals surface area contributed by atoms with Crippen LogP contribution in [-0.2, 0) is 0 Å². The zero-order valence-corrected chi connectivity index (χ0v) is 16.1. The Morgan fingerprint density at radius 3 is 2.38 bits per heavy atom. The summed E-state index contributed by atoms with van der Waals surface area (Å²) >= 11 is 5.90. The lowest BCUT2D eigenvalue weighted by molar-refractivity contribution is 0.0735. The standard InChI is InChI=1S/C24H17ClN2O2/c25-19-13-10-18(11-14-19)24(28)29-23-15-12-17-6-4-5-9-21(17)22(23)16-26-27-20-7-2-1-3-8-20/h1-16,27H. The van der Waals surface area contributed by atoms with E-state index in [0.717, 1.165) is 16.5 Å². The third kappa shape index (κ3) is 4.45. The van der Waals surface area contributed by atoms with Gasteiger partial charge in [0.25, 0.3) is 0 Å². The number of fused-ring (bicyclic) bond motifs is 1. The van der Waals surface area contributed by atoms with Crippen molar-refractivity contribution < 1.29 is 9.53 Å². The summed E-state index contributed by atoms with van der Waals surface area (Å²) in [6.07, 6.45) is 1.67. The van der Waals surface area contributed by atoms with E-state index in [1.807, 2.05) is 60.7 Å². The lowest BCUT2D eigenvalue weighted by Gasteiger charge is -2.11. The molecule has 4 nitrogen and oxygen atoms in total. The monoisotopic (exact) mass is 400 g/mol. The van der Waals surface area contributed by atoms with Crippen LogP contribution < -0.4 is 10.2 Å². The second-order valence-electron chi connectivity index (χ2n) is 6.33. The largest absolute Gasteiger partial charge is 0.422 e. The number of para-hydroxylation sites is 1. The van der Waals surface area contributed by atoms with E-state index in [1.54, 1.807) is 36.5 Å². The molecule has 4 aromatic carbocycles. The predicted octanol–water partition coefficient (Wildman–Crippen LogP) is 6.16. The van der Waals surface area contributed by atoms with Crippen molar-refractivity contribution in [3.05, 3.63) is 107 Å². The lowest BCUT2D eigenvalue weighted by Crippen LogP contribution is -2.10. The number of hydrogen-bond acceptors (Lipinski definition) is 4. The molecule has 0 unspecified atom stereocenters. The fourth-order valence-electron chi connectivity index (χ4n) is 2.93. The number of nitrogens with one attached hydrogen (secondary N) is 1. The third-order valence-electron chi connectivity index (χ3n) is 4.37. The van der Waals surface area contributed by atoms with Gasteiger partial charge in [-0.25, -0.2) is 4.79 Å². The molecule has 4 rings (SSSR count). The summed E-state index contributed by atoms with van der Waals surface area (Å²) < 4.78 is 5.68. The van der Waals surface area contributed by atoms with Crippen LogP contribution in [0.4, 0.5) is 5.69 Å². The second-order valence-corrected chi connectivity index (χ2v) is 6.77. The van der Waals surface area contributed by atoms with Gasteiger partial charge in [-0.2, -0.15) is 5.10 Å². The normalized spacial score (nSPS) is 10.9. The number of rotatable bonds is 5. The topological polar surface area (TPSA) is 50.7 Å². The SMILES string of the molecule is O=C(Oc1ccc2ccccc2c1C=NNc1ccccc1)c1ccc(Cl)cc1. The average molecular weight is 401 g/mol. The first kappa shape index (κ1) is 18.7. The van der Waals surface area contributed by atoms with Gasteiger partial charge in [0.15, 0.2) is 0 Å². The molecule has 29 heavy (non-hydrogen) atoms. The Kier molecular flexibility index (Phi) is 5.54. The number of halogens is 1. The molecule has 0 atom stereocenters. The Hall–Kier alpha value is -3.63. The van der Waals surface area contributed by atoms with Gasteiger partial charge >= 0.3 is 5.97 Å². The molecule has 0 aliphatic carbocycles. The molecule has 142 valence electrons. The van der Waals surface area contributed by atoms with Crippen LogP contribution in [-0.4, -0.2) is 12.2 Å². The molecule has 0 heterocycles. The van der Waals surface area contributed by atoms with Gasteiger partial charge in [-0.05, 0) is 53.2 Å². The molecule has 0 fully saturated rings. The highest BCUT2D eigenvalue weighted by Gasteiger charge is 2.13. The number of nitrogens with zero attached hydrogens (tertiary/aromatic N) is 1. The number of ether oxygens (including phenoxy) is 1. The van der Waals surface area contributed by atoms with Gasteiger partial charge in [0.2, 0.25) is 0 Å². The Balaban J connectivity index is 1.66. The van der Waals surface area contributed by atoms with Crippen LogP contribution in [0.3, 0.4) is 0 Å². The summed E-state index contributed by atoms with van der Waals surface area (Å²) in [6.45, 7) is 0. The zero-order chi connectivity index (χ0) is 20.1. The van der Waals surface area contributed by atoms with E-state index in [9.17, 15) is 4.79 Å². The Labute approximate surface area is 173 Å². The first-order valence-corrected chi connectivity index (χ1v) is 9.42. The van der Waals surface area contributed by atoms with E-state index in [4.69, 9.17) is 16.3 Å². The van der Waals surface area contributed by atoms with Crippen LogP contribution in [0.25, 0.3) is 10.8 Å². The molecule has 5 heteroatoms. The molecular weight excluding hydrogens is 384 g/mol. The fourth-order valence-corrected chi connectivity index (χ4v) is 3.05. The highest BCUT2D eigenvalue weighted by Crippen LogP contribution is 2.27. The molecule has 0 aliphatic heterocycles. The summed E-state index contributed by atoms with van der Waals surface area (Å²) in [6, 6.07) is 27.8. The first-order valence-electron chi connectivity index (χ1n) is 9.04. The van der Waals surface area contributed by atoms with Crippen molar-refractivity contribution >= 4 is 40.2 Å². The van der Waals surface area contributed by atoms with Gasteiger partial charge in [0, 0.05) is 10.6 Å². The second kappa shape index (κ2) is 8.59. The van der Waals surface area contributed by atoms with Crippen molar-refractivity contribution in [3.63, 3.8) is 0 Å². The van der Waals surface area contributed by atoms with Crippen molar-refractivity contribution in [1.29, 1.82) is 0 Å². The van der Waals surface area contributed by atoms with E-state index in [-0.39, 0.29) is 0 Å². The van der Waals surface area contributed by atoms with Crippen molar-refractivity contribution in [3.8, 4) is 5.75 Å². The van der Waals surface area contributed by atoms with Crippen molar-refractivity contribution in [2.75, 3.05) is 5.43 Å². The van der Waals surface area contributed by atoms with Gasteiger partial charge in [-0.1, -0.05) is 60.1 Å². The molecule has 0 saturated heterocycles. The number of carbonyl (C=O) groups excluding carboxylic acids is 1. The molecule has 0 spiro atoms. The number of carbonyl (C=O) groups is 1. The van der Waals surface area contributed by atoms with Crippen LogP contribution in [0.2, 0.25) is 5.02 Å². The number of hydrogen-bond donors (Lipinski definition) is 1. The minimum Gasteiger partial charge on any atom is -0.422 e. The van der Waals surface area contributed by atoms with Crippen molar-refractivity contribution in [2.24, 2.45) is 5.10 Å². The molecule has 4 aromatic rings. The van der Waals surface area contributed by atoms with E-state index in [2.05, 4.69) is 10.5 Å². The third-order valence-corrected chi connectivity index (χ3v) is 4.63. The van der Waals surface area contributed by atoms with Crippen LogP contribution in [0.15, 0.2) is 96.1 Å². The van der Waals surface area contributed by atoms with Crippen LogP contribution in [0.5, 0.6) is 5.75 Å². The van der Waals surface area contributed by atoms with E-state index in [0.29, 0.717) is 21.9 Å². The summed E-state index contributed by atoms with van der Waals surface area (Å²) in [5.41, 5.74) is 5.00. The Morgan fingerprint density at radius 2 is 1.59 bits per heavy atom. The van der Waals surface area contributed by atoms with Gasteiger partial charge in [-0.15, -0.1) is 0 Å². The number of hydrazone groups is 1. The molecule has 0 bridgehead atoms. The van der Waals surface area contributed by atoms with Gasteiger partial charge in [0.1, 0.15) is 5.75 Å². The first-order chi connectivity index (χ1) is 14.2. The van der Waals surface area contributed by atoms with E-state index < -0.39 is 5.97 Å². The highest BCUT2D eigenvalue weighted by atomic mass is 35.5. The van der Waals surface area contributed by atoms with Crippen LogP contribution >= 0.6 is 11.6 Å². The van der Waals surface area contributed by atoms with Crippen molar-refractivity contribution in [2.45, 2.75) is 0 Å². The minimum atomic E-state index is -0.456. The Bertz CT molecular complexity index is 1170. The number of anilines is 1. The smallest absolute Gasteiger partial charge is 0.343 e. The van der Waals surface area contributed by atoms with Crippen LogP contribution in [0.1, 0.15) is 15.9 Å².